The first kappa shape index (κ1) is 22.0. The van der Waals surface area contributed by atoms with Gasteiger partial charge in [-0.2, -0.15) is 0 Å². The summed E-state index contributed by atoms with van der Waals surface area (Å²) in [5.74, 6) is 1.38. The van der Waals surface area contributed by atoms with Crippen LogP contribution in [0.2, 0.25) is 0 Å². The fraction of sp³-hybridized carbons (Fsp3) is 0.611. The number of nitrogens with two attached hydrogens (primary N) is 1. The van der Waals surface area contributed by atoms with E-state index >= 15 is 0 Å². The van der Waals surface area contributed by atoms with Gasteiger partial charge in [0.05, 0.1) is 26.4 Å². The molecular weight excluding hydrogens is 431 g/mol. The van der Waals surface area contributed by atoms with E-state index < -0.39 is 0 Å². The van der Waals surface area contributed by atoms with Crippen molar-refractivity contribution < 1.29 is 9.47 Å². The molecule has 1 saturated heterocycles. The Morgan fingerprint density at radius 1 is 1.36 bits per heavy atom. The molecule has 3 N–H and O–H groups in total. The van der Waals surface area contributed by atoms with E-state index in [-0.39, 0.29) is 24.0 Å². The highest BCUT2D eigenvalue weighted by molar-refractivity contribution is 14.0. The van der Waals surface area contributed by atoms with Crippen molar-refractivity contribution in [1.29, 1.82) is 0 Å². The molecule has 0 atom stereocenters. The SMILES string of the molecule is CCOc1cc(C)ccc1CN=C(N)NCCCN1CCOCC1.I. The zero-order valence-corrected chi connectivity index (χ0v) is 17.6. The largest absolute Gasteiger partial charge is 0.494 e. The fourth-order valence-electron chi connectivity index (χ4n) is 2.65. The summed E-state index contributed by atoms with van der Waals surface area (Å²) >= 11 is 0. The Balaban J connectivity index is 0.00000312. The van der Waals surface area contributed by atoms with Crippen molar-refractivity contribution in [1.82, 2.24) is 10.2 Å². The van der Waals surface area contributed by atoms with E-state index in [1.807, 2.05) is 13.0 Å². The monoisotopic (exact) mass is 462 g/mol. The topological polar surface area (TPSA) is 72.1 Å². The molecule has 1 aromatic carbocycles. The van der Waals surface area contributed by atoms with Crippen molar-refractivity contribution in [2.24, 2.45) is 10.7 Å². The van der Waals surface area contributed by atoms with Crippen LogP contribution in [0.15, 0.2) is 23.2 Å². The van der Waals surface area contributed by atoms with Gasteiger partial charge in [-0.1, -0.05) is 12.1 Å². The maximum Gasteiger partial charge on any atom is 0.188 e. The van der Waals surface area contributed by atoms with Gasteiger partial charge in [-0.15, -0.1) is 24.0 Å². The predicted molar refractivity (Wildman–Crippen MR) is 113 cm³/mol. The lowest BCUT2D eigenvalue weighted by Crippen LogP contribution is -2.39. The third kappa shape index (κ3) is 8.24. The molecule has 0 aromatic heterocycles. The smallest absolute Gasteiger partial charge is 0.188 e. The minimum Gasteiger partial charge on any atom is -0.494 e. The molecule has 2 rings (SSSR count). The average molecular weight is 462 g/mol. The second-order valence-electron chi connectivity index (χ2n) is 5.98. The first-order chi connectivity index (χ1) is 11.7. The van der Waals surface area contributed by atoms with Crippen molar-refractivity contribution in [2.45, 2.75) is 26.8 Å². The van der Waals surface area contributed by atoms with Crippen LogP contribution in [0.1, 0.15) is 24.5 Å². The molecule has 1 fully saturated rings. The lowest BCUT2D eigenvalue weighted by atomic mass is 10.1. The zero-order valence-electron chi connectivity index (χ0n) is 15.3. The van der Waals surface area contributed by atoms with Crippen LogP contribution in [0.4, 0.5) is 0 Å². The molecule has 0 saturated carbocycles. The highest BCUT2D eigenvalue weighted by Gasteiger charge is 2.09. The van der Waals surface area contributed by atoms with Crippen molar-refractivity contribution in [3.8, 4) is 5.75 Å². The molecule has 1 aliphatic heterocycles. The summed E-state index contributed by atoms with van der Waals surface area (Å²) in [6.07, 6.45) is 1.05. The highest BCUT2D eigenvalue weighted by atomic mass is 127. The number of rotatable bonds is 8. The van der Waals surface area contributed by atoms with E-state index in [0.717, 1.165) is 57.1 Å². The number of hydrogen-bond acceptors (Lipinski definition) is 4. The third-order valence-electron chi connectivity index (χ3n) is 4.00. The van der Waals surface area contributed by atoms with E-state index in [0.29, 0.717) is 19.1 Å². The molecule has 1 aromatic rings. The molecule has 1 heterocycles. The first-order valence-corrected chi connectivity index (χ1v) is 8.75. The number of aryl methyl sites for hydroxylation is 1. The van der Waals surface area contributed by atoms with Crippen LogP contribution in [0, 0.1) is 6.92 Å². The van der Waals surface area contributed by atoms with E-state index in [1.165, 1.54) is 5.56 Å². The van der Waals surface area contributed by atoms with Crippen LogP contribution in [0.5, 0.6) is 5.75 Å². The summed E-state index contributed by atoms with van der Waals surface area (Å²) in [5.41, 5.74) is 8.20. The molecule has 0 unspecified atom stereocenters. The molecule has 6 nitrogen and oxygen atoms in total. The summed E-state index contributed by atoms with van der Waals surface area (Å²) < 4.78 is 11.0. The van der Waals surface area contributed by atoms with Gasteiger partial charge >= 0.3 is 0 Å². The molecule has 0 radical (unpaired) electrons. The van der Waals surface area contributed by atoms with Crippen molar-refractivity contribution in [2.75, 3.05) is 46.0 Å². The average Bonchev–Trinajstić information content (AvgIpc) is 2.59. The van der Waals surface area contributed by atoms with Gasteiger partial charge in [0.1, 0.15) is 5.75 Å². The second-order valence-corrected chi connectivity index (χ2v) is 5.98. The lowest BCUT2D eigenvalue weighted by molar-refractivity contribution is 0.0376. The van der Waals surface area contributed by atoms with Crippen molar-refractivity contribution in [3.05, 3.63) is 29.3 Å². The van der Waals surface area contributed by atoms with Crippen LogP contribution in [-0.4, -0.2) is 56.9 Å². The van der Waals surface area contributed by atoms with Gasteiger partial charge in [0.2, 0.25) is 0 Å². The highest BCUT2D eigenvalue weighted by Crippen LogP contribution is 2.21. The summed E-state index contributed by atoms with van der Waals surface area (Å²) in [6, 6.07) is 6.16. The van der Waals surface area contributed by atoms with Crippen LogP contribution < -0.4 is 15.8 Å². The Labute approximate surface area is 168 Å². The number of nitrogens with zero attached hydrogens (tertiary/aromatic N) is 2. The van der Waals surface area contributed by atoms with Gasteiger partial charge < -0.3 is 20.5 Å². The van der Waals surface area contributed by atoms with Gasteiger partial charge in [-0.3, -0.25) is 4.90 Å². The van der Waals surface area contributed by atoms with Crippen molar-refractivity contribution >= 4 is 29.9 Å². The number of nitrogens with one attached hydrogen (secondary N) is 1. The molecule has 142 valence electrons. The molecule has 0 aliphatic carbocycles. The Morgan fingerprint density at radius 3 is 2.84 bits per heavy atom. The van der Waals surface area contributed by atoms with Gasteiger partial charge in [-0.25, -0.2) is 4.99 Å². The number of hydrogen-bond donors (Lipinski definition) is 2. The third-order valence-corrected chi connectivity index (χ3v) is 4.00. The number of halogens is 1. The Bertz CT molecular complexity index is 534. The molecule has 0 amide bonds. The maximum atomic E-state index is 5.96. The molecular formula is C18H31IN4O2. The van der Waals surface area contributed by atoms with E-state index in [2.05, 4.69) is 34.3 Å². The fourth-order valence-corrected chi connectivity index (χ4v) is 2.65. The van der Waals surface area contributed by atoms with Crippen molar-refractivity contribution in [3.63, 3.8) is 0 Å². The van der Waals surface area contributed by atoms with Crippen LogP contribution in [-0.2, 0) is 11.3 Å². The van der Waals surface area contributed by atoms with Crippen LogP contribution in [0.3, 0.4) is 0 Å². The Hall–Kier alpha value is -1.06. The Kier molecular flexibility index (Phi) is 10.8. The number of guanidine groups is 1. The molecule has 25 heavy (non-hydrogen) atoms. The van der Waals surface area contributed by atoms with Gasteiger partial charge in [0.25, 0.3) is 0 Å². The number of benzene rings is 1. The summed E-state index contributed by atoms with van der Waals surface area (Å²) in [7, 11) is 0. The summed E-state index contributed by atoms with van der Waals surface area (Å²) in [6.45, 7) is 10.8. The maximum absolute atomic E-state index is 5.96. The second kappa shape index (κ2) is 12.3. The van der Waals surface area contributed by atoms with Gasteiger partial charge in [0.15, 0.2) is 5.96 Å². The van der Waals surface area contributed by atoms with Gasteiger partial charge in [-0.05, 0) is 38.4 Å². The van der Waals surface area contributed by atoms with E-state index in [1.54, 1.807) is 0 Å². The molecule has 1 aliphatic rings. The first-order valence-electron chi connectivity index (χ1n) is 8.75. The molecule has 0 spiro atoms. The quantitative estimate of drug-likeness (QED) is 0.268. The van der Waals surface area contributed by atoms with Crippen LogP contribution in [0.25, 0.3) is 0 Å². The number of aliphatic imine (C=N–C) groups is 1. The standard InChI is InChI=1S/C18H30N4O2.HI/c1-3-24-17-13-15(2)5-6-16(17)14-21-18(19)20-7-4-8-22-9-11-23-12-10-22;/h5-6,13H,3-4,7-12,14H2,1-2H3,(H3,19,20,21);1H. The van der Waals surface area contributed by atoms with Gasteiger partial charge in [0, 0.05) is 25.2 Å². The normalized spacial score (nSPS) is 15.5. The van der Waals surface area contributed by atoms with Crippen LogP contribution >= 0.6 is 24.0 Å². The number of ether oxygens (including phenoxy) is 2. The molecule has 7 heteroatoms. The zero-order chi connectivity index (χ0) is 17.2. The minimum atomic E-state index is 0. The van der Waals surface area contributed by atoms with E-state index in [4.69, 9.17) is 15.2 Å². The lowest BCUT2D eigenvalue weighted by Gasteiger charge is -2.26. The Morgan fingerprint density at radius 2 is 2.12 bits per heavy atom. The summed E-state index contributed by atoms with van der Waals surface area (Å²) in [4.78, 5) is 6.84. The van der Waals surface area contributed by atoms with E-state index in [9.17, 15) is 0 Å². The number of morpholine rings is 1. The minimum absolute atomic E-state index is 0. The predicted octanol–water partition coefficient (Wildman–Crippen LogP) is 2.14. The molecule has 0 bridgehead atoms. The summed E-state index contributed by atoms with van der Waals surface area (Å²) in [5, 5.41) is 3.18.